The van der Waals surface area contributed by atoms with Crippen LogP contribution in [0.15, 0.2) is 97.1 Å². The summed E-state index contributed by atoms with van der Waals surface area (Å²) in [5, 5.41) is 0. The van der Waals surface area contributed by atoms with Crippen LogP contribution in [0.5, 0.6) is 23.0 Å². The second-order valence-electron chi connectivity index (χ2n) is 8.11. The highest BCUT2D eigenvalue weighted by molar-refractivity contribution is 5.70. The molecule has 0 N–H and O–H groups in total. The highest BCUT2D eigenvalue weighted by atomic mass is 16.5. The first kappa shape index (κ1) is 42.6. The summed E-state index contributed by atoms with van der Waals surface area (Å²) in [7, 11) is 3.30. The Bertz CT molecular complexity index is 1280. The Hall–Kier alpha value is -4.58. The van der Waals surface area contributed by atoms with Crippen LogP contribution in [0.1, 0.15) is 80.4 Å². The lowest BCUT2D eigenvalue weighted by molar-refractivity contribution is -0.132. The minimum Gasteiger partial charge on any atom is -0.497 e. The fourth-order valence-electron chi connectivity index (χ4n) is 3.49. The van der Waals surface area contributed by atoms with Gasteiger partial charge in [-0.05, 0) is 77.2 Å². The Morgan fingerprint density at radius 1 is 0.422 bits per heavy atom. The van der Waals surface area contributed by atoms with Crippen LogP contribution in [0.2, 0.25) is 0 Å². The molecule has 6 heteroatoms. The Kier molecular flexibility index (Phi) is 25.5. The molecule has 0 aromatic heterocycles. The predicted molar refractivity (Wildman–Crippen MR) is 189 cm³/mol. The van der Waals surface area contributed by atoms with Gasteiger partial charge >= 0.3 is 11.9 Å². The molecule has 0 aliphatic heterocycles. The molecule has 0 aliphatic rings. The van der Waals surface area contributed by atoms with Crippen LogP contribution in [0.3, 0.4) is 0 Å². The maximum absolute atomic E-state index is 10.8. The fraction of sp³-hybridized carbons (Fsp3) is 0.333. The van der Waals surface area contributed by atoms with Crippen molar-refractivity contribution >= 4 is 11.9 Å². The number of carbonyl (C=O) groups excluding carboxylic acids is 2. The van der Waals surface area contributed by atoms with Gasteiger partial charge in [0.25, 0.3) is 0 Å². The van der Waals surface area contributed by atoms with Gasteiger partial charge in [-0.3, -0.25) is 9.59 Å². The summed E-state index contributed by atoms with van der Waals surface area (Å²) in [5.41, 5.74) is 4.53. The minimum atomic E-state index is -0.313. The molecule has 0 aliphatic carbocycles. The van der Waals surface area contributed by atoms with Gasteiger partial charge in [0.05, 0.1) is 14.2 Å². The average molecular weight is 619 g/mol. The van der Waals surface area contributed by atoms with Crippen molar-refractivity contribution in [2.75, 3.05) is 14.2 Å². The zero-order valence-corrected chi connectivity index (χ0v) is 29.4. The quantitative estimate of drug-likeness (QED) is 0.152. The van der Waals surface area contributed by atoms with E-state index in [1.165, 1.54) is 25.0 Å². The molecular weight excluding hydrogens is 564 g/mol. The maximum Gasteiger partial charge on any atom is 0.308 e. The van der Waals surface area contributed by atoms with Crippen LogP contribution in [0, 0.1) is 0 Å². The van der Waals surface area contributed by atoms with Crippen LogP contribution in [0.25, 0.3) is 11.1 Å². The largest absolute Gasteiger partial charge is 0.497 e. The van der Waals surface area contributed by atoms with Gasteiger partial charge in [0.1, 0.15) is 23.0 Å². The number of rotatable bonds is 7. The van der Waals surface area contributed by atoms with Crippen LogP contribution < -0.4 is 18.9 Å². The molecule has 0 amide bonds. The van der Waals surface area contributed by atoms with Gasteiger partial charge in [-0.15, -0.1) is 0 Å². The lowest BCUT2D eigenvalue weighted by atomic mass is 10.0. The lowest BCUT2D eigenvalue weighted by Gasteiger charge is -2.05. The Morgan fingerprint density at radius 2 is 0.667 bits per heavy atom. The first-order chi connectivity index (χ1) is 21.9. The fourth-order valence-corrected chi connectivity index (χ4v) is 3.49. The molecule has 4 aromatic rings. The molecule has 4 aromatic carbocycles. The summed E-state index contributed by atoms with van der Waals surface area (Å²) < 4.78 is 20.2. The molecule has 246 valence electrons. The monoisotopic (exact) mass is 618 g/mol. The molecule has 0 radical (unpaired) electrons. The number of hydrogen-bond donors (Lipinski definition) is 0. The standard InChI is InChI=1S/C16H16O3.C15H14O3.4C2H6/c1-12(17)19-16-9-5-14(6-10-16)11-13-3-7-15(18-2)8-4-13;1-11(16)18-15-9-5-13(6-10-15)12-3-7-14(17-2)8-4-12;4*1-2/h3-10H,11H2,1-2H3;3-10H,1-2H3;4*1-2H3. The van der Waals surface area contributed by atoms with Gasteiger partial charge in [-0.1, -0.05) is 104 Å². The van der Waals surface area contributed by atoms with Crippen molar-refractivity contribution in [1.82, 2.24) is 0 Å². The van der Waals surface area contributed by atoms with E-state index >= 15 is 0 Å². The average Bonchev–Trinajstić information content (AvgIpc) is 3.10. The summed E-state index contributed by atoms with van der Waals surface area (Å²) in [6.07, 6.45) is 0.838. The highest BCUT2D eigenvalue weighted by Crippen LogP contribution is 2.24. The normalized spacial score (nSPS) is 8.71. The summed E-state index contributed by atoms with van der Waals surface area (Å²) in [6, 6.07) is 30.7. The van der Waals surface area contributed by atoms with Crippen molar-refractivity contribution in [3.8, 4) is 34.1 Å². The zero-order chi connectivity index (χ0) is 34.6. The molecule has 0 bridgehead atoms. The van der Waals surface area contributed by atoms with Crippen molar-refractivity contribution in [2.24, 2.45) is 0 Å². The first-order valence-corrected chi connectivity index (χ1v) is 15.7. The minimum absolute atomic E-state index is 0.303. The number of carbonyl (C=O) groups is 2. The molecule has 0 saturated heterocycles. The van der Waals surface area contributed by atoms with Crippen molar-refractivity contribution < 1.29 is 28.5 Å². The summed E-state index contributed by atoms with van der Waals surface area (Å²) >= 11 is 0. The number of methoxy groups -OCH3 is 2. The zero-order valence-electron chi connectivity index (χ0n) is 29.4. The second kappa shape index (κ2) is 27.0. The van der Waals surface area contributed by atoms with E-state index in [-0.39, 0.29) is 11.9 Å². The predicted octanol–water partition coefficient (Wildman–Crippen LogP) is 10.6. The SMILES string of the molecule is CC.CC.CC.CC.COc1ccc(-c2ccc(OC(C)=O)cc2)cc1.COc1ccc(Cc2ccc(OC(C)=O)cc2)cc1. The number of esters is 2. The number of ether oxygens (including phenoxy) is 4. The lowest BCUT2D eigenvalue weighted by Crippen LogP contribution is -2.01. The number of benzene rings is 4. The van der Waals surface area contributed by atoms with Gasteiger partial charge in [0.2, 0.25) is 0 Å². The topological polar surface area (TPSA) is 71.1 Å². The van der Waals surface area contributed by atoms with Gasteiger partial charge < -0.3 is 18.9 Å². The van der Waals surface area contributed by atoms with Crippen LogP contribution in [-0.4, -0.2) is 26.2 Å². The van der Waals surface area contributed by atoms with Gasteiger partial charge in [-0.25, -0.2) is 0 Å². The molecule has 0 atom stereocenters. The molecule has 0 spiro atoms. The maximum atomic E-state index is 10.8. The smallest absolute Gasteiger partial charge is 0.308 e. The van der Waals surface area contributed by atoms with Crippen LogP contribution in [0.4, 0.5) is 0 Å². The van der Waals surface area contributed by atoms with E-state index in [0.29, 0.717) is 11.5 Å². The summed E-state index contributed by atoms with van der Waals surface area (Å²) in [6.45, 7) is 18.8. The van der Waals surface area contributed by atoms with Gasteiger partial charge in [0.15, 0.2) is 0 Å². The molecule has 4 rings (SSSR count). The Balaban J connectivity index is 0. The highest BCUT2D eigenvalue weighted by Gasteiger charge is 2.02. The summed E-state index contributed by atoms with van der Waals surface area (Å²) in [4.78, 5) is 21.6. The van der Waals surface area contributed by atoms with Gasteiger partial charge in [-0.2, -0.15) is 0 Å². The first-order valence-electron chi connectivity index (χ1n) is 15.7. The molecule has 45 heavy (non-hydrogen) atoms. The van der Waals surface area contributed by atoms with E-state index in [0.717, 1.165) is 29.0 Å². The second-order valence-corrected chi connectivity index (χ2v) is 8.11. The van der Waals surface area contributed by atoms with Gasteiger partial charge in [0, 0.05) is 13.8 Å². The van der Waals surface area contributed by atoms with Crippen molar-refractivity contribution in [3.63, 3.8) is 0 Å². The van der Waals surface area contributed by atoms with Crippen LogP contribution in [-0.2, 0) is 16.0 Å². The van der Waals surface area contributed by atoms with E-state index in [1.54, 1.807) is 38.5 Å². The van der Waals surface area contributed by atoms with Crippen molar-refractivity contribution in [1.29, 1.82) is 0 Å². The van der Waals surface area contributed by atoms with Crippen molar-refractivity contribution in [3.05, 3.63) is 108 Å². The Labute approximate surface area is 272 Å². The molecule has 0 saturated carbocycles. The number of hydrogen-bond acceptors (Lipinski definition) is 6. The summed E-state index contributed by atoms with van der Waals surface area (Å²) in [5.74, 6) is 2.20. The molecule has 6 nitrogen and oxygen atoms in total. The van der Waals surface area contributed by atoms with E-state index < -0.39 is 0 Å². The van der Waals surface area contributed by atoms with Crippen molar-refractivity contribution in [2.45, 2.75) is 75.7 Å². The molecule has 0 unspecified atom stereocenters. The third-order valence-corrected chi connectivity index (χ3v) is 5.29. The molecule has 0 heterocycles. The van der Waals surface area contributed by atoms with Crippen LogP contribution >= 0.6 is 0 Å². The van der Waals surface area contributed by atoms with E-state index in [9.17, 15) is 9.59 Å². The van der Waals surface area contributed by atoms with E-state index in [4.69, 9.17) is 18.9 Å². The molecule has 0 fully saturated rings. The molecular formula is C39H54O6. The Morgan fingerprint density at radius 3 is 0.933 bits per heavy atom. The van der Waals surface area contributed by atoms with E-state index in [1.807, 2.05) is 128 Å². The third-order valence-electron chi connectivity index (χ3n) is 5.29. The van der Waals surface area contributed by atoms with E-state index in [2.05, 4.69) is 0 Å². The third kappa shape index (κ3) is 18.0.